The molecule has 0 spiro atoms. The smallest absolute Gasteiger partial charge is 0.414 e. The van der Waals surface area contributed by atoms with Crippen LogP contribution in [-0.2, 0) is 23.6 Å². The van der Waals surface area contributed by atoms with Crippen molar-refractivity contribution < 1.29 is 18.3 Å². The van der Waals surface area contributed by atoms with E-state index >= 15 is 4.39 Å². The van der Waals surface area contributed by atoms with Crippen LogP contribution in [0.25, 0.3) is 11.1 Å². The minimum Gasteiger partial charge on any atom is -0.442 e. The second-order valence-corrected chi connectivity index (χ2v) is 9.54. The Hall–Kier alpha value is -2.98. The van der Waals surface area contributed by atoms with Crippen molar-refractivity contribution in [2.45, 2.75) is 38.3 Å². The van der Waals surface area contributed by atoms with Crippen molar-refractivity contribution >= 4 is 23.5 Å². The number of benzene rings is 2. The predicted molar refractivity (Wildman–Crippen MR) is 134 cm³/mol. The number of rotatable bonds is 12. The van der Waals surface area contributed by atoms with Gasteiger partial charge in [-0.15, -0.1) is 5.10 Å². The third kappa shape index (κ3) is 6.58. The highest BCUT2D eigenvalue weighted by Gasteiger charge is 2.33. The van der Waals surface area contributed by atoms with Gasteiger partial charge in [0.1, 0.15) is 11.9 Å². The molecule has 10 heteroatoms. The van der Waals surface area contributed by atoms with E-state index in [9.17, 15) is 9.18 Å². The van der Waals surface area contributed by atoms with E-state index in [0.29, 0.717) is 43.9 Å². The quantitative estimate of drug-likeness (QED) is 0.359. The molecule has 1 atom stereocenters. The Morgan fingerprint density at radius 1 is 1.23 bits per heavy atom. The van der Waals surface area contributed by atoms with Gasteiger partial charge in [0, 0.05) is 24.1 Å². The first-order valence-corrected chi connectivity index (χ1v) is 12.8. The largest absolute Gasteiger partial charge is 0.442 e. The van der Waals surface area contributed by atoms with Crippen molar-refractivity contribution in [2.24, 2.45) is 0 Å². The van der Waals surface area contributed by atoms with Gasteiger partial charge in [-0.1, -0.05) is 36.4 Å². The highest BCUT2D eigenvalue weighted by molar-refractivity contribution is 7.98. The zero-order chi connectivity index (χ0) is 24.6. The normalized spacial score (nSPS) is 15.6. The highest BCUT2D eigenvalue weighted by atomic mass is 32.2. The third-order valence-electron chi connectivity index (χ3n) is 5.65. The average Bonchev–Trinajstić information content (AvgIpc) is 3.47. The molecule has 1 amide bonds. The number of hydrogen-bond acceptors (Lipinski definition) is 6. The number of amides is 1. The fraction of sp³-hybridized carbons (Fsp3) is 0.400. The van der Waals surface area contributed by atoms with Gasteiger partial charge in [-0.25, -0.2) is 13.9 Å². The Morgan fingerprint density at radius 2 is 2.06 bits per heavy atom. The molecule has 0 bridgehead atoms. The summed E-state index contributed by atoms with van der Waals surface area (Å²) >= 11 is 1.76. The number of alkyl halides is 1. The Bertz CT molecular complexity index is 1130. The second-order valence-electron chi connectivity index (χ2n) is 8.27. The van der Waals surface area contributed by atoms with Crippen LogP contribution in [-0.4, -0.2) is 52.7 Å². The molecule has 0 radical (unpaired) electrons. The van der Waals surface area contributed by atoms with Crippen LogP contribution in [0, 0.1) is 5.82 Å². The first-order valence-electron chi connectivity index (χ1n) is 11.7. The number of nitrogens with zero attached hydrogens (tertiary/aromatic N) is 4. The molecule has 2 aromatic carbocycles. The molecule has 1 aliphatic heterocycles. The number of cyclic esters (lactones) is 1. The van der Waals surface area contributed by atoms with Gasteiger partial charge in [-0.3, -0.25) is 9.29 Å². The standard InChI is InChI=1S/C25H29F2N5O2S/c1-2-35-17-20-14-31(30-29-20)15-22-16-32(25(33)34-22)21-8-9-23(24(27)12-21)19-6-4-18(5-7-19)13-28-11-3-10-26/h4-9,12,14,22,28H,2-3,10-11,13,15-17H2,1H3/t22-/m0/s1. The monoisotopic (exact) mass is 501 g/mol. The minimum atomic E-state index is -0.506. The first kappa shape index (κ1) is 25.1. The SMILES string of the molecule is CCSCc1cn(C[C@H]2CN(c3ccc(-c4ccc(CNCCCF)cc4)c(F)c3)C(=O)O2)nn1. The van der Waals surface area contributed by atoms with E-state index in [4.69, 9.17) is 4.74 Å². The number of anilines is 1. The highest BCUT2D eigenvalue weighted by Crippen LogP contribution is 2.29. The predicted octanol–water partition coefficient (Wildman–Crippen LogP) is 4.81. The summed E-state index contributed by atoms with van der Waals surface area (Å²) in [6.45, 7) is 3.70. The van der Waals surface area contributed by atoms with E-state index in [1.165, 1.54) is 11.0 Å². The summed E-state index contributed by atoms with van der Waals surface area (Å²) in [5.41, 5.74) is 3.57. The second kappa shape index (κ2) is 12.1. The van der Waals surface area contributed by atoms with Gasteiger partial charge in [0.15, 0.2) is 0 Å². The average molecular weight is 502 g/mol. The van der Waals surface area contributed by atoms with Gasteiger partial charge in [-0.2, -0.15) is 11.8 Å². The molecule has 3 aromatic rings. The van der Waals surface area contributed by atoms with E-state index < -0.39 is 18.0 Å². The number of ether oxygens (including phenoxy) is 1. The molecule has 0 saturated carbocycles. The van der Waals surface area contributed by atoms with Crippen molar-refractivity contribution in [3.05, 3.63) is 65.7 Å². The zero-order valence-corrected chi connectivity index (χ0v) is 20.4. The van der Waals surface area contributed by atoms with E-state index in [1.807, 2.05) is 30.5 Å². The van der Waals surface area contributed by atoms with Gasteiger partial charge in [-0.05, 0) is 48.0 Å². The van der Waals surface area contributed by atoms with Gasteiger partial charge >= 0.3 is 6.09 Å². The van der Waals surface area contributed by atoms with E-state index in [0.717, 1.165) is 28.3 Å². The molecule has 0 unspecified atom stereocenters. The van der Waals surface area contributed by atoms with Crippen LogP contribution in [0.1, 0.15) is 24.6 Å². The van der Waals surface area contributed by atoms with Crippen LogP contribution < -0.4 is 10.2 Å². The van der Waals surface area contributed by atoms with Crippen LogP contribution in [0.5, 0.6) is 0 Å². The Kier molecular flexibility index (Phi) is 8.70. The van der Waals surface area contributed by atoms with Crippen LogP contribution in [0.3, 0.4) is 0 Å². The van der Waals surface area contributed by atoms with E-state index in [1.54, 1.807) is 28.6 Å². The van der Waals surface area contributed by atoms with Gasteiger partial charge in [0.25, 0.3) is 0 Å². The van der Waals surface area contributed by atoms with Crippen molar-refractivity contribution in [2.75, 3.05) is 30.4 Å². The lowest BCUT2D eigenvalue weighted by atomic mass is 10.0. The fourth-order valence-electron chi connectivity index (χ4n) is 3.87. The number of carbonyl (C=O) groups excluding carboxylic acids is 1. The Morgan fingerprint density at radius 3 is 2.80 bits per heavy atom. The lowest BCUT2D eigenvalue weighted by molar-refractivity contribution is 0.129. The number of nitrogens with one attached hydrogen (secondary N) is 1. The molecule has 2 heterocycles. The summed E-state index contributed by atoms with van der Waals surface area (Å²) in [5.74, 6) is 1.38. The summed E-state index contributed by atoms with van der Waals surface area (Å²) in [4.78, 5) is 13.9. The molecule has 186 valence electrons. The molecule has 7 nitrogen and oxygen atoms in total. The lowest BCUT2D eigenvalue weighted by Crippen LogP contribution is -2.26. The molecule has 1 fully saturated rings. The lowest BCUT2D eigenvalue weighted by Gasteiger charge is -2.14. The maximum absolute atomic E-state index is 15.0. The zero-order valence-electron chi connectivity index (χ0n) is 19.6. The maximum Gasteiger partial charge on any atom is 0.414 e. The third-order valence-corrected chi connectivity index (χ3v) is 6.56. The Labute approximate surface area is 207 Å². The molecule has 1 saturated heterocycles. The molecule has 1 N–H and O–H groups in total. The first-order chi connectivity index (χ1) is 17.1. The number of halogens is 2. The van der Waals surface area contributed by atoms with Crippen molar-refractivity contribution in [1.82, 2.24) is 20.3 Å². The van der Waals surface area contributed by atoms with Crippen LogP contribution in [0.15, 0.2) is 48.7 Å². The molecule has 1 aliphatic rings. The van der Waals surface area contributed by atoms with Gasteiger partial charge in [0.05, 0.1) is 31.1 Å². The van der Waals surface area contributed by atoms with Crippen molar-refractivity contribution in [3.63, 3.8) is 0 Å². The molecule has 35 heavy (non-hydrogen) atoms. The summed E-state index contributed by atoms with van der Waals surface area (Å²) < 4.78 is 34.3. The summed E-state index contributed by atoms with van der Waals surface area (Å²) in [5, 5.41) is 11.4. The summed E-state index contributed by atoms with van der Waals surface area (Å²) in [6, 6.07) is 12.3. The van der Waals surface area contributed by atoms with Crippen LogP contribution in [0.4, 0.5) is 19.3 Å². The Balaban J connectivity index is 1.37. The molecule has 1 aromatic heterocycles. The number of aromatic nitrogens is 3. The molecular weight excluding hydrogens is 472 g/mol. The number of hydrogen-bond donors (Lipinski definition) is 1. The number of thioether (sulfide) groups is 1. The van der Waals surface area contributed by atoms with Gasteiger partial charge < -0.3 is 10.1 Å². The van der Waals surface area contributed by atoms with Crippen molar-refractivity contribution in [1.29, 1.82) is 0 Å². The summed E-state index contributed by atoms with van der Waals surface area (Å²) in [7, 11) is 0. The van der Waals surface area contributed by atoms with E-state index in [-0.39, 0.29) is 6.67 Å². The topological polar surface area (TPSA) is 72.3 Å². The summed E-state index contributed by atoms with van der Waals surface area (Å²) in [6.07, 6.45) is 1.44. The van der Waals surface area contributed by atoms with Crippen LogP contribution in [0.2, 0.25) is 0 Å². The fourth-order valence-corrected chi connectivity index (χ4v) is 4.41. The molecular formula is C25H29F2N5O2S. The molecule has 4 rings (SSSR count). The minimum absolute atomic E-state index is 0.306. The van der Waals surface area contributed by atoms with Gasteiger partial charge in [0.2, 0.25) is 0 Å². The van der Waals surface area contributed by atoms with Crippen molar-refractivity contribution in [3.8, 4) is 11.1 Å². The molecule has 0 aliphatic carbocycles. The van der Waals surface area contributed by atoms with E-state index in [2.05, 4.69) is 22.6 Å². The maximum atomic E-state index is 15.0. The van der Waals surface area contributed by atoms with Crippen LogP contribution >= 0.6 is 11.8 Å². The number of carbonyl (C=O) groups is 1.